The highest BCUT2D eigenvalue weighted by Gasteiger charge is 2.32. The molecule has 0 bridgehead atoms. The molecule has 0 radical (unpaired) electrons. The van der Waals surface area contributed by atoms with Crippen molar-refractivity contribution in [1.82, 2.24) is 16.0 Å². The van der Waals surface area contributed by atoms with E-state index in [0.29, 0.717) is 5.56 Å². The maximum Gasteiger partial charge on any atom is 0.408 e. The van der Waals surface area contributed by atoms with Crippen LogP contribution >= 0.6 is 0 Å². The topological polar surface area (TPSA) is 205 Å². The third-order valence-corrected chi connectivity index (χ3v) is 9.06. The molecule has 4 rings (SSSR count). The van der Waals surface area contributed by atoms with Crippen LogP contribution in [0, 0.1) is 6.92 Å². The van der Waals surface area contributed by atoms with Crippen molar-refractivity contribution in [3.05, 3.63) is 119 Å². The molecular formula is C46H55N3O14. The van der Waals surface area contributed by atoms with Crippen molar-refractivity contribution in [2.24, 2.45) is 0 Å². The van der Waals surface area contributed by atoms with E-state index in [-0.39, 0.29) is 67.2 Å². The number of ether oxygens (including phenoxy) is 9. The summed E-state index contributed by atoms with van der Waals surface area (Å²) in [6.45, 7) is 6.72. The zero-order valence-corrected chi connectivity index (χ0v) is 36.6. The molecule has 338 valence electrons. The lowest BCUT2D eigenvalue weighted by atomic mass is 10.0. The fourth-order valence-electron chi connectivity index (χ4n) is 5.94. The zero-order valence-electron chi connectivity index (χ0n) is 36.6. The molecule has 3 amide bonds. The lowest BCUT2D eigenvalue weighted by molar-refractivity contribution is -0.160. The SMILES string of the molecule is COCCOCOC(=O)[C@@H](Cc1ccccc1)NC(=O)[C@@H](NC(=O)OC(C)(C)C)c1ccc(OC)c(Oc2cc([C@H](NC(=O)OCc3ccccc3)C(=O)OC)cc(OC)c2C)c1. The van der Waals surface area contributed by atoms with Gasteiger partial charge in [-0.2, -0.15) is 0 Å². The van der Waals surface area contributed by atoms with E-state index in [1.54, 1.807) is 82.3 Å². The quantitative estimate of drug-likeness (QED) is 0.0359. The average molecular weight is 874 g/mol. The second kappa shape index (κ2) is 24.0. The van der Waals surface area contributed by atoms with Crippen LogP contribution in [0.3, 0.4) is 0 Å². The minimum atomic E-state index is -1.46. The first-order valence-corrected chi connectivity index (χ1v) is 19.8. The number of alkyl carbamates (subject to hydrolysis) is 2. The molecule has 17 heteroatoms. The Morgan fingerprint density at radius 1 is 0.619 bits per heavy atom. The number of carbonyl (C=O) groups is 5. The smallest absolute Gasteiger partial charge is 0.408 e. The number of hydrogen-bond donors (Lipinski definition) is 3. The molecule has 0 spiro atoms. The fourth-order valence-corrected chi connectivity index (χ4v) is 5.94. The third-order valence-electron chi connectivity index (χ3n) is 9.06. The van der Waals surface area contributed by atoms with Gasteiger partial charge in [-0.3, -0.25) is 4.79 Å². The largest absolute Gasteiger partial charge is 0.496 e. The van der Waals surface area contributed by atoms with Crippen LogP contribution < -0.4 is 30.2 Å². The predicted octanol–water partition coefficient (Wildman–Crippen LogP) is 6.40. The molecule has 3 N–H and O–H groups in total. The Morgan fingerprint density at radius 3 is 1.86 bits per heavy atom. The molecule has 0 saturated heterocycles. The van der Waals surface area contributed by atoms with E-state index in [1.807, 2.05) is 12.1 Å². The predicted molar refractivity (Wildman–Crippen MR) is 228 cm³/mol. The molecule has 0 aliphatic heterocycles. The first kappa shape index (κ1) is 48.8. The number of carbonyl (C=O) groups excluding carboxylic acids is 5. The van der Waals surface area contributed by atoms with E-state index >= 15 is 0 Å². The van der Waals surface area contributed by atoms with Crippen LogP contribution in [0.5, 0.6) is 23.0 Å². The van der Waals surface area contributed by atoms with Crippen molar-refractivity contribution in [3.8, 4) is 23.0 Å². The van der Waals surface area contributed by atoms with Gasteiger partial charge in [0, 0.05) is 19.1 Å². The first-order chi connectivity index (χ1) is 30.2. The van der Waals surface area contributed by atoms with E-state index < -0.39 is 53.8 Å². The number of rotatable bonds is 21. The van der Waals surface area contributed by atoms with Crippen LogP contribution in [0.4, 0.5) is 9.59 Å². The maximum absolute atomic E-state index is 14.3. The van der Waals surface area contributed by atoms with Gasteiger partial charge in [0.2, 0.25) is 5.91 Å². The summed E-state index contributed by atoms with van der Waals surface area (Å²) in [6, 6.07) is 21.5. The third kappa shape index (κ3) is 15.2. The van der Waals surface area contributed by atoms with Crippen LogP contribution in [0.15, 0.2) is 91.0 Å². The molecule has 4 aromatic carbocycles. The Bertz CT molecular complexity index is 2140. The second-order valence-electron chi connectivity index (χ2n) is 14.8. The molecule has 0 heterocycles. The van der Waals surface area contributed by atoms with Crippen LogP contribution in [-0.4, -0.2) is 90.1 Å². The molecule has 17 nitrogen and oxygen atoms in total. The van der Waals surface area contributed by atoms with E-state index in [1.165, 1.54) is 52.7 Å². The Morgan fingerprint density at radius 2 is 1.24 bits per heavy atom. The molecular weight excluding hydrogens is 819 g/mol. The highest BCUT2D eigenvalue weighted by Crippen LogP contribution is 2.39. The highest BCUT2D eigenvalue weighted by atomic mass is 16.7. The van der Waals surface area contributed by atoms with Crippen molar-refractivity contribution in [2.45, 2.75) is 64.4 Å². The molecule has 3 atom stereocenters. The highest BCUT2D eigenvalue weighted by molar-refractivity contribution is 5.91. The van der Waals surface area contributed by atoms with Gasteiger partial charge in [-0.1, -0.05) is 66.7 Å². The van der Waals surface area contributed by atoms with E-state index in [9.17, 15) is 24.0 Å². The molecule has 4 aromatic rings. The van der Waals surface area contributed by atoms with Crippen LogP contribution in [0.2, 0.25) is 0 Å². The lowest BCUT2D eigenvalue weighted by Crippen LogP contribution is -2.49. The summed E-state index contributed by atoms with van der Waals surface area (Å²) in [5.41, 5.74) is 1.42. The Kier molecular flexibility index (Phi) is 18.6. The molecule has 0 fully saturated rings. The number of methoxy groups -OCH3 is 4. The molecule has 0 aliphatic carbocycles. The minimum absolute atomic E-state index is 0.0449. The summed E-state index contributed by atoms with van der Waals surface area (Å²) in [7, 11) is 5.51. The summed E-state index contributed by atoms with van der Waals surface area (Å²) < 4.78 is 49.3. The molecule has 0 aromatic heterocycles. The fraction of sp³-hybridized carbons (Fsp3) is 0.370. The van der Waals surface area contributed by atoms with E-state index in [0.717, 1.165) is 11.1 Å². The summed E-state index contributed by atoms with van der Waals surface area (Å²) in [5.74, 6) is -1.65. The van der Waals surface area contributed by atoms with Gasteiger partial charge < -0.3 is 58.6 Å². The Balaban J connectivity index is 1.71. The van der Waals surface area contributed by atoms with Crippen molar-refractivity contribution in [3.63, 3.8) is 0 Å². The molecule has 0 unspecified atom stereocenters. The standard InChI is InChI=1S/C46H55N3O14/c1-29-36(57-7)25-33(40(43(52)58-8)49-44(53)60-27-31-17-13-10-14-18-31)26-37(29)62-38-24-32(19-20-35(38)56-6)39(48-45(54)63-46(2,3)4)41(50)47-34(23-30-15-11-9-12-16-30)42(51)61-28-59-22-21-55-5/h9-20,24-26,34,39-40H,21-23,27-28H2,1-8H3,(H,47,50)(H,48,54)(H,49,53)/t34-,39+,40+/m1/s1. The van der Waals surface area contributed by atoms with Crippen LogP contribution in [0.25, 0.3) is 0 Å². The van der Waals surface area contributed by atoms with Crippen molar-refractivity contribution in [2.75, 3.05) is 48.4 Å². The van der Waals surface area contributed by atoms with E-state index in [2.05, 4.69) is 16.0 Å². The van der Waals surface area contributed by atoms with Gasteiger partial charge in [0.15, 0.2) is 24.3 Å². The van der Waals surface area contributed by atoms with Crippen LogP contribution in [0.1, 0.15) is 60.7 Å². The van der Waals surface area contributed by atoms with Gasteiger partial charge in [-0.05, 0) is 74.2 Å². The molecule has 0 aliphatic rings. The van der Waals surface area contributed by atoms with Gasteiger partial charge >= 0.3 is 24.1 Å². The lowest BCUT2D eigenvalue weighted by Gasteiger charge is -2.26. The molecule has 63 heavy (non-hydrogen) atoms. The van der Waals surface area contributed by atoms with Gasteiger partial charge in [0.05, 0.1) is 34.5 Å². The first-order valence-electron chi connectivity index (χ1n) is 19.8. The summed E-state index contributed by atoms with van der Waals surface area (Å²) >= 11 is 0. The zero-order chi connectivity index (χ0) is 45.9. The van der Waals surface area contributed by atoms with Crippen molar-refractivity contribution >= 4 is 30.0 Å². The van der Waals surface area contributed by atoms with Gasteiger partial charge in [0.1, 0.15) is 35.8 Å². The van der Waals surface area contributed by atoms with Gasteiger partial charge in [-0.15, -0.1) is 0 Å². The number of hydrogen-bond acceptors (Lipinski definition) is 14. The van der Waals surface area contributed by atoms with Gasteiger partial charge in [0.25, 0.3) is 0 Å². The van der Waals surface area contributed by atoms with Crippen LogP contribution in [-0.2, 0) is 55.8 Å². The minimum Gasteiger partial charge on any atom is -0.496 e. The van der Waals surface area contributed by atoms with E-state index in [4.69, 9.17) is 42.6 Å². The second-order valence-corrected chi connectivity index (χ2v) is 14.8. The number of benzene rings is 4. The summed E-state index contributed by atoms with van der Waals surface area (Å²) in [4.78, 5) is 67.2. The summed E-state index contributed by atoms with van der Waals surface area (Å²) in [5, 5.41) is 7.91. The molecule has 0 saturated carbocycles. The average Bonchev–Trinajstić information content (AvgIpc) is 3.26. The number of nitrogens with one attached hydrogen (secondary N) is 3. The Labute approximate surface area is 366 Å². The number of amides is 3. The van der Waals surface area contributed by atoms with Gasteiger partial charge in [-0.25, -0.2) is 19.2 Å². The van der Waals surface area contributed by atoms with Crippen molar-refractivity contribution in [1.29, 1.82) is 0 Å². The monoisotopic (exact) mass is 873 g/mol. The maximum atomic E-state index is 14.3. The Hall–Kier alpha value is -6.85. The normalized spacial score (nSPS) is 12.4. The summed E-state index contributed by atoms with van der Waals surface area (Å²) in [6.07, 6.45) is -1.77. The van der Waals surface area contributed by atoms with Crippen molar-refractivity contribution < 1.29 is 66.6 Å². The number of esters is 2.